The van der Waals surface area contributed by atoms with Gasteiger partial charge in [0.15, 0.2) is 26.4 Å². The molecule has 2 rings (SSSR count). The van der Waals surface area contributed by atoms with E-state index in [1.807, 2.05) is 13.8 Å². The molecule has 206 valence electrons. The summed E-state index contributed by atoms with van der Waals surface area (Å²) in [5.74, 6) is -0.249. The van der Waals surface area contributed by atoms with E-state index < -0.39 is 37.0 Å². The lowest BCUT2D eigenvalue weighted by atomic mass is 10.3. The van der Waals surface area contributed by atoms with Crippen LogP contribution in [0.2, 0.25) is 0 Å². The first-order chi connectivity index (χ1) is 18.4. The second kappa shape index (κ2) is 17.1. The van der Waals surface area contributed by atoms with Crippen molar-refractivity contribution in [2.24, 2.45) is 0 Å². The summed E-state index contributed by atoms with van der Waals surface area (Å²) in [5.41, 5.74) is 0. The molecule has 0 saturated heterocycles. The third-order valence-electron chi connectivity index (χ3n) is 4.48. The third kappa shape index (κ3) is 12.5. The number of carbonyl (C=O) groups excluding carboxylic acids is 4. The molecular formula is C26H32N2O10. The predicted octanol–water partition coefficient (Wildman–Crippen LogP) is 1.26. The van der Waals surface area contributed by atoms with Gasteiger partial charge in [-0.05, 0) is 62.4 Å². The minimum absolute atomic E-state index is 0.0829. The number of nitrogens with one attached hydrogen (secondary N) is 2. The summed E-state index contributed by atoms with van der Waals surface area (Å²) < 4.78 is 30.9. The van der Waals surface area contributed by atoms with Gasteiger partial charge in [-0.25, -0.2) is 9.59 Å². The van der Waals surface area contributed by atoms with Gasteiger partial charge in [0.2, 0.25) is 0 Å². The van der Waals surface area contributed by atoms with Gasteiger partial charge in [0, 0.05) is 13.1 Å². The molecule has 0 aliphatic heterocycles. The molecule has 2 N–H and O–H groups in total. The highest BCUT2D eigenvalue weighted by atomic mass is 16.6. The zero-order valence-corrected chi connectivity index (χ0v) is 21.4. The van der Waals surface area contributed by atoms with Crippen molar-refractivity contribution in [3.05, 3.63) is 48.5 Å². The Morgan fingerprint density at radius 1 is 0.526 bits per heavy atom. The zero-order chi connectivity index (χ0) is 27.6. The van der Waals surface area contributed by atoms with Crippen molar-refractivity contribution in [1.29, 1.82) is 0 Å². The van der Waals surface area contributed by atoms with E-state index in [0.29, 0.717) is 36.2 Å². The molecule has 0 bridgehead atoms. The number of rotatable bonds is 17. The van der Waals surface area contributed by atoms with Crippen molar-refractivity contribution in [1.82, 2.24) is 10.6 Å². The molecule has 0 aliphatic carbocycles. The van der Waals surface area contributed by atoms with Crippen LogP contribution in [0.25, 0.3) is 0 Å². The number of amides is 2. The van der Waals surface area contributed by atoms with E-state index in [0.717, 1.165) is 0 Å². The highest BCUT2D eigenvalue weighted by molar-refractivity contribution is 5.82. The van der Waals surface area contributed by atoms with E-state index in [2.05, 4.69) is 10.6 Å². The van der Waals surface area contributed by atoms with Crippen LogP contribution in [0.4, 0.5) is 0 Å². The maximum Gasteiger partial charge on any atom is 0.344 e. The fourth-order valence-corrected chi connectivity index (χ4v) is 2.76. The van der Waals surface area contributed by atoms with Crippen molar-refractivity contribution in [3.8, 4) is 23.0 Å². The van der Waals surface area contributed by atoms with E-state index in [1.165, 1.54) is 0 Å². The fraction of sp³-hybridized carbons (Fsp3) is 0.385. The molecule has 2 amide bonds. The second-order valence-electron chi connectivity index (χ2n) is 7.41. The first kappa shape index (κ1) is 29.7. The molecule has 0 radical (unpaired) electrons. The summed E-state index contributed by atoms with van der Waals surface area (Å²) in [6, 6.07) is 13.4. The molecule has 2 aromatic rings. The zero-order valence-electron chi connectivity index (χ0n) is 21.4. The maximum atomic E-state index is 11.8. The fourth-order valence-electron chi connectivity index (χ4n) is 2.76. The van der Waals surface area contributed by atoms with Crippen LogP contribution in [0, 0.1) is 0 Å². The van der Waals surface area contributed by atoms with Gasteiger partial charge in [-0.2, -0.15) is 0 Å². The number of hydrogen-bond donors (Lipinski definition) is 2. The highest BCUT2D eigenvalue weighted by Gasteiger charge is 2.10. The van der Waals surface area contributed by atoms with E-state index in [1.54, 1.807) is 48.5 Å². The normalized spacial score (nSPS) is 10.1. The summed E-state index contributed by atoms with van der Waals surface area (Å²) in [5, 5.41) is 4.96. The standard InChI is InChI=1S/C26H32N2O10/c1-3-33-19-5-9-21(10-6-19)35-17-25(31)37-15-23(29)27-13-14-28-24(30)16-38-26(32)18-36-22-11-7-20(8-12-22)34-4-2/h5-12H,3-4,13-18H2,1-2H3,(H,27,29)(H,28,30). The number of carbonyl (C=O) groups is 4. The molecule has 0 aromatic heterocycles. The lowest BCUT2D eigenvalue weighted by Gasteiger charge is -2.10. The van der Waals surface area contributed by atoms with Gasteiger partial charge in [-0.15, -0.1) is 0 Å². The SMILES string of the molecule is CCOc1ccc(OCC(=O)OCC(=O)NCCNC(=O)COC(=O)COc2ccc(OCC)cc2)cc1. The van der Waals surface area contributed by atoms with Crippen LogP contribution in [-0.2, 0) is 28.7 Å². The van der Waals surface area contributed by atoms with Crippen LogP contribution in [0.5, 0.6) is 23.0 Å². The number of benzene rings is 2. The average molecular weight is 533 g/mol. The van der Waals surface area contributed by atoms with Gasteiger partial charge in [0.25, 0.3) is 11.8 Å². The van der Waals surface area contributed by atoms with Crippen LogP contribution >= 0.6 is 0 Å². The van der Waals surface area contributed by atoms with Gasteiger partial charge in [0.1, 0.15) is 23.0 Å². The molecule has 38 heavy (non-hydrogen) atoms. The molecule has 0 saturated carbocycles. The van der Waals surface area contributed by atoms with E-state index >= 15 is 0 Å². The van der Waals surface area contributed by atoms with Crippen LogP contribution in [0.3, 0.4) is 0 Å². The van der Waals surface area contributed by atoms with Crippen LogP contribution in [0.1, 0.15) is 13.8 Å². The van der Waals surface area contributed by atoms with Gasteiger partial charge in [-0.1, -0.05) is 0 Å². The molecule has 12 heteroatoms. The smallest absolute Gasteiger partial charge is 0.344 e. The predicted molar refractivity (Wildman–Crippen MR) is 134 cm³/mol. The molecule has 2 aromatic carbocycles. The Labute approximate surface area is 220 Å². The maximum absolute atomic E-state index is 11.8. The largest absolute Gasteiger partial charge is 0.494 e. The summed E-state index contributed by atoms with van der Waals surface area (Å²) in [4.78, 5) is 47.0. The van der Waals surface area contributed by atoms with Crippen molar-refractivity contribution in [3.63, 3.8) is 0 Å². The lowest BCUT2D eigenvalue weighted by molar-refractivity contribution is -0.150. The molecule has 0 fully saturated rings. The average Bonchev–Trinajstić information content (AvgIpc) is 2.92. The molecule has 0 heterocycles. The summed E-state index contributed by atoms with van der Waals surface area (Å²) in [7, 11) is 0. The Hall–Kier alpha value is -4.48. The highest BCUT2D eigenvalue weighted by Crippen LogP contribution is 2.18. The number of ether oxygens (including phenoxy) is 6. The van der Waals surface area contributed by atoms with Crippen LogP contribution in [-0.4, -0.2) is 76.5 Å². The summed E-state index contributed by atoms with van der Waals surface area (Å²) in [6.07, 6.45) is 0. The monoisotopic (exact) mass is 532 g/mol. The Balaban J connectivity index is 1.49. The van der Waals surface area contributed by atoms with E-state index in [-0.39, 0.29) is 26.3 Å². The molecular weight excluding hydrogens is 500 g/mol. The van der Waals surface area contributed by atoms with Gasteiger partial charge >= 0.3 is 11.9 Å². The van der Waals surface area contributed by atoms with Crippen molar-refractivity contribution in [2.75, 3.05) is 52.7 Å². The Morgan fingerprint density at radius 3 is 1.16 bits per heavy atom. The second-order valence-corrected chi connectivity index (χ2v) is 7.41. The molecule has 0 atom stereocenters. The first-order valence-corrected chi connectivity index (χ1v) is 12.0. The lowest BCUT2D eigenvalue weighted by Crippen LogP contribution is -2.38. The van der Waals surface area contributed by atoms with E-state index in [4.69, 9.17) is 28.4 Å². The van der Waals surface area contributed by atoms with Crippen molar-refractivity contribution < 1.29 is 47.6 Å². The van der Waals surface area contributed by atoms with Crippen LogP contribution in [0.15, 0.2) is 48.5 Å². The third-order valence-corrected chi connectivity index (χ3v) is 4.48. The molecule has 12 nitrogen and oxygen atoms in total. The van der Waals surface area contributed by atoms with Crippen LogP contribution < -0.4 is 29.6 Å². The van der Waals surface area contributed by atoms with Crippen molar-refractivity contribution >= 4 is 23.8 Å². The minimum Gasteiger partial charge on any atom is -0.494 e. The number of esters is 2. The van der Waals surface area contributed by atoms with Gasteiger partial charge in [-0.3, -0.25) is 9.59 Å². The first-order valence-electron chi connectivity index (χ1n) is 12.0. The number of hydrogen-bond acceptors (Lipinski definition) is 10. The van der Waals surface area contributed by atoms with Gasteiger partial charge in [0.05, 0.1) is 13.2 Å². The van der Waals surface area contributed by atoms with Crippen molar-refractivity contribution in [2.45, 2.75) is 13.8 Å². The molecule has 0 aliphatic rings. The topological polar surface area (TPSA) is 148 Å². The van der Waals surface area contributed by atoms with E-state index in [9.17, 15) is 19.2 Å². The summed E-state index contributed by atoms with van der Waals surface area (Å²) in [6.45, 7) is 3.28. The minimum atomic E-state index is -0.712. The molecule has 0 spiro atoms. The quantitative estimate of drug-likeness (QED) is 0.225. The Morgan fingerprint density at radius 2 is 0.842 bits per heavy atom. The van der Waals surface area contributed by atoms with Gasteiger partial charge < -0.3 is 39.1 Å². The Kier molecular flexibility index (Phi) is 13.4. The Bertz CT molecular complexity index is 942. The molecule has 0 unspecified atom stereocenters. The summed E-state index contributed by atoms with van der Waals surface area (Å²) >= 11 is 0.